The first-order valence-corrected chi connectivity index (χ1v) is 7.64. The van der Waals surface area contributed by atoms with E-state index in [9.17, 15) is 4.39 Å². The van der Waals surface area contributed by atoms with Crippen LogP contribution in [0.25, 0.3) is 0 Å². The lowest BCUT2D eigenvalue weighted by Gasteiger charge is -2.34. The molecular formula is C17H26FNO. The zero-order chi connectivity index (χ0) is 14.5. The number of rotatable bonds is 5. The summed E-state index contributed by atoms with van der Waals surface area (Å²) in [5.74, 6) is 0.303. The van der Waals surface area contributed by atoms with Gasteiger partial charge in [0, 0.05) is 19.2 Å². The molecule has 1 fully saturated rings. The van der Waals surface area contributed by atoms with Crippen molar-refractivity contribution in [2.24, 2.45) is 5.92 Å². The lowest BCUT2D eigenvalue weighted by Crippen LogP contribution is -2.40. The lowest BCUT2D eigenvalue weighted by atomic mass is 9.89. The molecule has 3 heteroatoms. The van der Waals surface area contributed by atoms with Crippen LogP contribution in [0.5, 0.6) is 0 Å². The fourth-order valence-corrected chi connectivity index (χ4v) is 3.11. The van der Waals surface area contributed by atoms with E-state index in [1.807, 2.05) is 12.1 Å². The highest BCUT2D eigenvalue weighted by Gasteiger charge is 2.25. The van der Waals surface area contributed by atoms with E-state index in [4.69, 9.17) is 4.74 Å². The maximum Gasteiger partial charge on any atom is 0.123 e. The van der Waals surface area contributed by atoms with E-state index >= 15 is 0 Å². The van der Waals surface area contributed by atoms with Crippen LogP contribution in [0.2, 0.25) is 0 Å². The van der Waals surface area contributed by atoms with E-state index in [-0.39, 0.29) is 11.9 Å². The fourth-order valence-electron chi connectivity index (χ4n) is 3.11. The van der Waals surface area contributed by atoms with Gasteiger partial charge in [0.05, 0.1) is 6.10 Å². The van der Waals surface area contributed by atoms with Crippen LogP contribution < -0.4 is 5.32 Å². The highest BCUT2D eigenvalue weighted by molar-refractivity contribution is 5.20. The van der Waals surface area contributed by atoms with Crippen molar-refractivity contribution in [3.63, 3.8) is 0 Å². The summed E-state index contributed by atoms with van der Waals surface area (Å²) in [6.45, 7) is 4.41. The fraction of sp³-hybridized carbons (Fsp3) is 0.647. The molecule has 0 heterocycles. The van der Waals surface area contributed by atoms with Crippen LogP contribution in [-0.4, -0.2) is 19.3 Å². The number of hydrogen-bond acceptors (Lipinski definition) is 2. The van der Waals surface area contributed by atoms with E-state index in [0.29, 0.717) is 18.1 Å². The molecule has 1 N–H and O–H groups in total. The van der Waals surface area contributed by atoms with Crippen molar-refractivity contribution in [1.82, 2.24) is 5.32 Å². The molecule has 20 heavy (non-hydrogen) atoms. The van der Waals surface area contributed by atoms with Gasteiger partial charge < -0.3 is 10.1 Å². The van der Waals surface area contributed by atoms with Crippen molar-refractivity contribution >= 4 is 0 Å². The van der Waals surface area contributed by atoms with Crippen LogP contribution in [-0.2, 0) is 4.74 Å². The first kappa shape index (κ1) is 15.5. The van der Waals surface area contributed by atoms with Crippen molar-refractivity contribution in [1.29, 1.82) is 0 Å². The van der Waals surface area contributed by atoms with E-state index in [1.54, 1.807) is 19.2 Å². The summed E-state index contributed by atoms with van der Waals surface area (Å²) < 4.78 is 18.6. The molecule has 3 unspecified atom stereocenters. The molecule has 2 nitrogen and oxygen atoms in total. The minimum Gasteiger partial charge on any atom is -0.381 e. The first-order valence-electron chi connectivity index (χ1n) is 7.64. The van der Waals surface area contributed by atoms with Gasteiger partial charge in [0.2, 0.25) is 0 Å². The molecule has 0 aliphatic heterocycles. The average Bonchev–Trinajstić information content (AvgIpc) is 2.46. The normalized spacial score (nSPS) is 24.9. The van der Waals surface area contributed by atoms with Gasteiger partial charge in [0.15, 0.2) is 0 Å². The largest absolute Gasteiger partial charge is 0.381 e. The Morgan fingerprint density at radius 2 is 1.90 bits per heavy atom. The van der Waals surface area contributed by atoms with Crippen LogP contribution in [0.4, 0.5) is 4.39 Å². The number of nitrogens with one attached hydrogen (secondary N) is 1. The van der Waals surface area contributed by atoms with Gasteiger partial charge in [-0.15, -0.1) is 0 Å². The molecule has 0 saturated heterocycles. The summed E-state index contributed by atoms with van der Waals surface area (Å²) >= 11 is 0. The maximum absolute atomic E-state index is 13.1. The highest BCUT2D eigenvalue weighted by atomic mass is 19.1. The summed E-state index contributed by atoms with van der Waals surface area (Å²) in [5, 5.41) is 3.75. The Balaban J connectivity index is 2.04. The third-order valence-corrected chi connectivity index (χ3v) is 4.27. The average molecular weight is 279 g/mol. The third-order valence-electron chi connectivity index (χ3n) is 4.27. The summed E-state index contributed by atoms with van der Waals surface area (Å²) in [6.07, 6.45) is 5.02. The van der Waals surface area contributed by atoms with Crippen molar-refractivity contribution in [2.75, 3.05) is 7.11 Å². The van der Waals surface area contributed by atoms with Crippen molar-refractivity contribution in [2.45, 2.75) is 57.7 Å². The molecule has 0 amide bonds. The first-order chi connectivity index (χ1) is 9.60. The van der Waals surface area contributed by atoms with Gasteiger partial charge in [-0.05, 0) is 49.3 Å². The Hall–Kier alpha value is -0.930. The van der Waals surface area contributed by atoms with Crippen molar-refractivity contribution in [3.8, 4) is 0 Å². The summed E-state index contributed by atoms with van der Waals surface area (Å²) in [6, 6.07) is 7.64. The van der Waals surface area contributed by atoms with Gasteiger partial charge in [-0.1, -0.05) is 26.0 Å². The smallest absolute Gasteiger partial charge is 0.123 e. The molecule has 1 aromatic carbocycles. The minimum atomic E-state index is -0.173. The summed E-state index contributed by atoms with van der Waals surface area (Å²) in [5.41, 5.74) is 1.17. The van der Waals surface area contributed by atoms with Gasteiger partial charge in [-0.2, -0.15) is 0 Å². The SMILES string of the molecule is COC1CCCC(NC(c2ccc(F)cc2)C(C)C)C1. The second-order valence-electron chi connectivity index (χ2n) is 6.16. The minimum absolute atomic E-state index is 0.173. The van der Waals surface area contributed by atoms with Crippen LogP contribution >= 0.6 is 0 Å². The zero-order valence-corrected chi connectivity index (χ0v) is 12.7. The quantitative estimate of drug-likeness (QED) is 0.877. The second kappa shape index (κ2) is 7.19. The highest BCUT2D eigenvalue weighted by Crippen LogP contribution is 2.27. The molecule has 112 valence electrons. The van der Waals surface area contributed by atoms with Crippen molar-refractivity contribution < 1.29 is 9.13 Å². The predicted octanol–water partition coefficient (Wildman–Crippen LogP) is 4.07. The molecule has 3 atom stereocenters. The molecule has 1 aliphatic rings. The second-order valence-corrected chi connectivity index (χ2v) is 6.16. The van der Waals surface area contributed by atoms with Gasteiger partial charge >= 0.3 is 0 Å². The maximum atomic E-state index is 13.1. The monoisotopic (exact) mass is 279 g/mol. The Morgan fingerprint density at radius 1 is 1.20 bits per heavy atom. The molecule has 1 saturated carbocycles. The lowest BCUT2D eigenvalue weighted by molar-refractivity contribution is 0.0556. The number of methoxy groups -OCH3 is 1. The van der Waals surface area contributed by atoms with E-state index in [2.05, 4.69) is 19.2 Å². The Morgan fingerprint density at radius 3 is 2.50 bits per heavy atom. The van der Waals surface area contributed by atoms with Crippen LogP contribution in [0.3, 0.4) is 0 Å². The predicted molar refractivity (Wildman–Crippen MR) is 80.2 cm³/mol. The van der Waals surface area contributed by atoms with E-state index in [0.717, 1.165) is 12.8 Å². The number of halogens is 1. The Kier molecular flexibility index (Phi) is 5.55. The standard InChI is InChI=1S/C17H26FNO/c1-12(2)17(13-7-9-14(18)10-8-13)19-15-5-4-6-16(11-15)20-3/h7-10,12,15-17,19H,4-6,11H2,1-3H3. The van der Waals surface area contributed by atoms with Gasteiger partial charge in [-0.25, -0.2) is 4.39 Å². The third kappa shape index (κ3) is 4.03. The van der Waals surface area contributed by atoms with Gasteiger partial charge in [0.1, 0.15) is 5.82 Å². The topological polar surface area (TPSA) is 21.3 Å². The number of ether oxygens (including phenoxy) is 1. The van der Waals surface area contributed by atoms with E-state index in [1.165, 1.54) is 18.4 Å². The molecule has 2 rings (SSSR count). The molecule has 0 aromatic heterocycles. The van der Waals surface area contributed by atoms with Crippen LogP contribution in [0.1, 0.15) is 51.1 Å². The Bertz CT molecular complexity index is 404. The molecule has 1 aliphatic carbocycles. The molecule has 0 spiro atoms. The van der Waals surface area contributed by atoms with Crippen LogP contribution in [0, 0.1) is 11.7 Å². The molecule has 0 bridgehead atoms. The van der Waals surface area contributed by atoms with Gasteiger partial charge in [-0.3, -0.25) is 0 Å². The van der Waals surface area contributed by atoms with E-state index < -0.39 is 0 Å². The van der Waals surface area contributed by atoms with Crippen LogP contribution in [0.15, 0.2) is 24.3 Å². The summed E-state index contributed by atoms with van der Waals surface area (Å²) in [4.78, 5) is 0. The molecule has 1 aromatic rings. The summed E-state index contributed by atoms with van der Waals surface area (Å²) in [7, 11) is 1.80. The zero-order valence-electron chi connectivity index (χ0n) is 12.7. The number of hydrogen-bond donors (Lipinski definition) is 1. The Labute approximate surface area is 121 Å². The molecule has 0 radical (unpaired) electrons. The number of benzene rings is 1. The van der Waals surface area contributed by atoms with Gasteiger partial charge in [0.25, 0.3) is 0 Å². The molecular weight excluding hydrogens is 253 g/mol. The van der Waals surface area contributed by atoms with Crippen molar-refractivity contribution in [3.05, 3.63) is 35.6 Å².